The summed E-state index contributed by atoms with van der Waals surface area (Å²) in [4.78, 5) is 10.7. The molecule has 0 saturated carbocycles. The molecule has 0 spiro atoms. The highest BCUT2D eigenvalue weighted by atomic mass is 16.8. The van der Waals surface area contributed by atoms with Crippen molar-refractivity contribution in [2.45, 2.75) is 25.7 Å². The van der Waals surface area contributed by atoms with Gasteiger partial charge in [0, 0.05) is 0 Å². The number of carbonyl (C=O) groups excluding carboxylic acids is 1. The maximum Gasteiger partial charge on any atom is 0.513 e. The molecule has 1 unspecified atom stereocenters. The summed E-state index contributed by atoms with van der Waals surface area (Å²) in [6, 6.07) is 0. The molecule has 0 bridgehead atoms. The Labute approximate surface area is 82.6 Å². The standard InChI is InChI=1S/C9H14O5/c1-4-11-8(10)12-5-7-6-13-9(2,3)14-7/h4,7H,1,5-6H2,2-3H3. The van der Waals surface area contributed by atoms with Gasteiger partial charge in [-0.25, -0.2) is 4.79 Å². The molecule has 0 N–H and O–H groups in total. The molecule has 0 aromatic heterocycles. The van der Waals surface area contributed by atoms with Crippen LogP contribution in [0.2, 0.25) is 0 Å². The molecule has 0 amide bonds. The maximum atomic E-state index is 10.7. The summed E-state index contributed by atoms with van der Waals surface area (Å²) in [6.45, 7) is 7.36. The molecule has 0 aromatic rings. The molecule has 5 nitrogen and oxygen atoms in total. The van der Waals surface area contributed by atoms with E-state index in [1.807, 2.05) is 0 Å². The number of ether oxygens (including phenoxy) is 4. The van der Waals surface area contributed by atoms with E-state index in [9.17, 15) is 4.79 Å². The van der Waals surface area contributed by atoms with Gasteiger partial charge >= 0.3 is 6.16 Å². The van der Waals surface area contributed by atoms with E-state index in [0.29, 0.717) is 6.61 Å². The monoisotopic (exact) mass is 202 g/mol. The largest absolute Gasteiger partial charge is 0.513 e. The van der Waals surface area contributed by atoms with E-state index >= 15 is 0 Å². The summed E-state index contributed by atoms with van der Waals surface area (Å²) >= 11 is 0. The van der Waals surface area contributed by atoms with E-state index in [1.54, 1.807) is 13.8 Å². The molecule has 0 aromatic carbocycles. The molecular weight excluding hydrogens is 188 g/mol. The van der Waals surface area contributed by atoms with Crippen molar-refractivity contribution in [2.24, 2.45) is 0 Å². The molecule has 0 aliphatic carbocycles. The van der Waals surface area contributed by atoms with E-state index in [4.69, 9.17) is 14.2 Å². The van der Waals surface area contributed by atoms with Crippen molar-refractivity contribution in [3.05, 3.63) is 12.8 Å². The van der Waals surface area contributed by atoms with E-state index in [0.717, 1.165) is 6.26 Å². The lowest BCUT2D eigenvalue weighted by molar-refractivity contribution is -0.143. The van der Waals surface area contributed by atoms with Crippen LogP contribution in [-0.4, -0.2) is 31.3 Å². The molecule has 80 valence electrons. The number of rotatable bonds is 3. The van der Waals surface area contributed by atoms with Crippen molar-refractivity contribution in [3.63, 3.8) is 0 Å². The summed E-state index contributed by atoms with van der Waals surface area (Å²) in [5.41, 5.74) is 0. The van der Waals surface area contributed by atoms with Gasteiger partial charge in [-0.3, -0.25) is 0 Å². The summed E-state index contributed by atoms with van der Waals surface area (Å²) in [6.07, 6.45) is -0.00572. The lowest BCUT2D eigenvalue weighted by Crippen LogP contribution is -2.25. The van der Waals surface area contributed by atoms with Gasteiger partial charge in [0.1, 0.15) is 12.7 Å². The van der Waals surface area contributed by atoms with E-state index < -0.39 is 11.9 Å². The fraction of sp³-hybridized carbons (Fsp3) is 0.667. The van der Waals surface area contributed by atoms with Crippen LogP contribution >= 0.6 is 0 Å². The zero-order chi connectivity index (χ0) is 10.6. The molecule has 1 aliphatic heterocycles. The van der Waals surface area contributed by atoms with Crippen molar-refractivity contribution in [2.75, 3.05) is 13.2 Å². The molecule has 1 fully saturated rings. The van der Waals surface area contributed by atoms with Crippen LogP contribution in [0, 0.1) is 0 Å². The van der Waals surface area contributed by atoms with Gasteiger partial charge in [-0.15, -0.1) is 0 Å². The molecule has 1 atom stereocenters. The lowest BCUT2D eigenvalue weighted by atomic mass is 10.4. The highest BCUT2D eigenvalue weighted by molar-refractivity contribution is 5.60. The quantitative estimate of drug-likeness (QED) is 0.512. The van der Waals surface area contributed by atoms with Gasteiger partial charge in [-0.05, 0) is 13.8 Å². The smallest absolute Gasteiger partial charge is 0.431 e. The van der Waals surface area contributed by atoms with Gasteiger partial charge < -0.3 is 18.9 Å². The van der Waals surface area contributed by atoms with Crippen LogP contribution in [-0.2, 0) is 18.9 Å². The third kappa shape index (κ3) is 3.35. The van der Waals surface area contributed by atoms with Crippen molar-refractivity contribution in [1.29, 1.82) is 0 Å². The lowest BCUT2D eigenvalue weighted by Gasteiger charge is -2.16. The van der Waals surface area contributed by atoms with Crippen molar-refractivity contribution in [1.82, 2.24) is 0 Å². The van der Waals surface area contributed by atoms with Crippen LogP contribution in [0.3, 0.4) is 0 Å². The third-order valence-corrected chi connectivity index (χ3v) is 1.63. The fourth-order valence-corrected chi connectivity index (χ4v) is 1.11. The van der Waals surface area contributed by atoms with E-state index in [2.05, 4.69) is 11.3 Å². The Bertz CT molecular complexity index is 223. The Hall–Kier alpha value is -1.07. The molecule has 14 heavy (non-hydrogen) atoms. The van der Waals surface area contributed by atoms with Crippen molar-refractivity contribution < 1.29 is 23.7 Å². The summed E-state index contributed by atoms with van der Waals surface area (Å²) < 4.78 is 19.7. The van der Waals surface area contributed by atoms with Crippen LogP contribution in [0.4, 0.5) is 4.79 Å². The Balaban J connectivity index is 2.20. The van der Waals surface area contributed by atoms with Gasteiger partial charge in [0.05, 0.1) is 12.9 Å². The van der Waals surface area contributed by atoms with Crippen LogP contribution < -0.4 is 0 Å². The Kier molecular flexibility index (Phi) is 3.49. The summed E-state index contributed by atoms with van der Waals surface area (Å²) in [5, 5.41) is 0. The minimum absolute atomic E-state index is 0.121. The summed E-state index contributed by atoms with van der Waals surface area (Å²) in [5.74, 6) is -0.601. The van der Waals surface area contributed by atoms with Gasteiger partial charge in [0.15, 0.2) is 5.79 Å². The number of hydrogen-bond donors (Lipinski definition) is 0. The van der Waals surface area contributed by atoms with E-state index in [1.165, 1.54) is 0 Å². The minimum atomic E-state index is -0.784. The Morgan fingerprint density at radius 2 is 2.43 bits per heavy atom. The SMILES string of the molecule is C=COC(=O)OCC1COC(C)(C)O1. The van der Waals surface area contributed by atoms with Crippen LogP contribution in [0.25, 0.3) is 0 Å². The molecule has 1 rings (SSSR count). The van der Waals surface area contributed by atoms with Crippen LogP contribution in [0.5, 0.6) is 0 Å². The predicted octanol–water partition coefficient (Wildman–Crippen LogP) is 1.43. The topological polar surface area (TPSA) is 54.0 Å². The third-order valence-electron chi connectivity index (χ3n) is 1.63. The van der Waals surface area contributed by atoms with Gasteiger partial charge in [-0.2, -0.15) is 0 Å². The zero-order valence-electron chi connectivity index (χ0n) is 8.32. The van der Waals surface area contributed by atoms with Crippen molar-refractivity contribution in [3.8, 4) is 0 Å². The fourth-order valence-electron chi connectivity index (χ4n) is 1.11. The first-order chi connectivity index (χ1) is 6.53. The minimum Gasteiger partial charge on any atom is -0.431 e. The first-order valence-electron chi connectivity index (χ1n) is 4.29. The van der Waals surface area contributed by atoms with Crippen LogP contribution in [0.1, 0.15) is 13.8 Å². The molecule has 0 radical (unpaired) electrons. The maximum absolute atomic E-state index is 10.7. The van der Waals surface area contributed by atoms with Gasteiger partial charge in [-0.1, -0.05) is 6.58 Å². The highest BCUT2D eigenvalue weighted by Crippen LogP contribution is 2.22. The van der Waals surface area contributed by atoms with E-state index in [-0.39, 0.29) is 12.7 Å². The first kappa shape index (κ1) is 11.0. The average Bonchev–Trinajstić information content (AvgIpc) is 2.43. The second-order valence-electron chi connectivity index (χ2n) is 3.30. The summed E-state index contributed by atoms with van der Waals surface area (Å²) in [7, 11) is 0. The Morgan fingerprint density at radius 1 is 1.71 bits per heavy atom. The van der Waals surface area contributed by atoms with Crippen LogP contribution in [0.15, 0.2) is 12.8 Å². The number of hydrogen-bond acceptors (Lipinski definition) is 5. The van der Waals surface area contributed by atoms with Gasteiger partial charge in [0.2, 0.25) is 0 Å². The zero-order valence-corrected chi connectivity index (χ0v) is 8.32. The van der Waals surface area contributed by atoms with Gasteiger partial charge in [0.25, 0.3) is 0 Å². The molecule has 5 heteroatoms. The molecular formula is C9H14O5. The average molecular weight is 202 g/mol. The molecule has 1 aliphatic rings. The Morgan fingerprint density at radius 3 is 2.93 bits per heavy atom. The molecule has 1 heterocycles. The number of carbonyl (C=O) groups is 1. The normalized spacial score (nSPS) is 24.3. The second-order valence-corrected chi connectivity index (χ2v) is 3.30. The first-order valence-corrected chi connectivity index (χ1v) is 4.29. The predicted molar refractivity (Wildman–Crippen MR) is 47.5 cm³/mol. The highest BCUT2D eigenvalue weighted by Gasteiger charge is 2.33. The second kappa shape index (κ2) is 4.43. The molecule has 1 saturated heterocycles. The van der Waals surface area contributed by atoms with Crippen molar-refractivity contribution >= 4 is 6.16 Å².